The minimum atomic E-state index is -0.278. The zero-order valence-corrected chi connectivity index (χ0v) is 11.2. The van der Waals surface area contributed by atoms with E-state index in [1.165, 1.54) is 6.20 Å². The number of fused-ring (bicyclic) bond motifs is 1. The molecule has 0 saturated carbocycles. The number of nitrogens with one attached hydrogen (secondary N) is 1. The fourth-order valence-corrected chi connectivity index (χ4v) is 2.09. The van der Waals surface area contributed by atoms with Crippen molar-refractivity contribution in [2.75, 3.05) is 0 Å². The van der Waals surface area contributed by atoms with Crippen LogP contribution >= 0.6 is 0 Å². The molecule has 0 aliphatic carbocycles. The fraction of sp³-hybridized carbons (Fsp3) is 0. The summed E-state index contributed by atoms with van der Waals surface area (Å²) in [4.78, 5) is 15.7. The zero-order valence-electron chi connectivity index (χ0n) is 11.2. The zero-order chi connectivity index (χ0) is 14.5. The van der Waals surface area contributed by atoms with Crippen LogP contribution in [0.5, 0.6) is 0 Å². The topological polar surface area (TPSA) is 54.4 Å². The third-order valence-electron chi connectivity index (χ3n) is 3.12. The first kappa shape index (κ1) is 13.0. The number of aromatic nitrogens is 1. The van der Waals surface area contributed by atoms with Crippen molar-refractivity contribution in [3.05, 3.63) is 78.1 Å². The molecule has 102 valence electrons. The smallest absolute Gasteiger partial charge is 0.267 e. The Balaban J connectivity index is 1.78. The number of amides is 1. The number of hydrogen-bond donors (Lipinski definition) is 1. The molecule has 0 aliphatic rings. The molecule has 0 spiro atoms. The summed E-state index contributed by atoms with van der Waals surface area (Å²) in [6.45, 7) is 0. The van der Waals surface area contributed by atoms with Crippen molar-refractivity contribution >= 4 is 22.9 Å². The van der Waals surface area contributed by atoms with Crippen molar-refractivity contribution in [3.63, 3.8) is 0 Å². The average molecular weight is 275 g/mol. The van der Waals surface area contributed by atoms with Crippen LogP contribution in [0, 0.1) is 0 Å². The second-order valence-electron chi connectivity index (χ2n) is 4.51. The highest BCUT2D eigenvalue weighted by Gasteiger charge is 2.02. The number of benzene rings is 2. The highest BCUT2D eigenvalue weighted by molar-refractivity contribution is 6.00. The van der Waals surface area contributed by atoms with E-state index in [0.717, 1.165) is 16.3 Å². The van der Waals surface area contributed by atoms with Gasteiger partial charge in [0.2, 0.25) is 0 Å². The summed E-state index contributed by atoms with van der Waals surface area (Å²) >= 11 is 0. The van der Waals surface area contributed by atoms with E-state index >= 15 is 0 Å². The van der Waals surface area contributed by atoms with Gasteiger partial charge in [-0.05, 0) is 22.9 Å². The standard InChI is InChI=1S/C17H13N3O/c21-17(15-8-4-10-18-11-15)20-19-12-14-7-3-6-13-5-1-2-9-16(13)14/h1-12H,(H,20,21). The van der Waals surface area contributed by atoms with Crippen LogP contribution in [0.3, 0.4) is 0 Å². The van der Waals surface area contributed by atoms with Gasteiger partial charge in [0.05, 0.1) is 11.8 Å². The maximum Gasteiger partial charge on any atom is 0.272 e. The Bertz CT molecular complexity index is 792. The van der Waals surface area contributed by atoms with E-state index in [2.05, 4.69) is 15.5 Å². The molecule has 4 heteroatoms. The number of hydrazone groups is 1. The lowest BCUT2D eigenvalue weighted by molar-refractivity contribution is 0.0955. The predicted molar refractivity (Wildman–Crippen MR) is 83.2 cm³/mol. The molecule has 0 aliphatic heterocycles. The van der Waals surface area contributed by atoms with Gasteiger partial charge in [-0.15, -0.1) is 0 Å². The molecule has 0 saturated heterocycles. The lowest BCUT2D eigenvalue weighted by atomic mass is 10.1. The molecule has 1 heterocycles. The second kappa shape index (κ2) is 5.96. The number of nitrogens with zero attached hydrogens (tertiary/aromatic N) is 2. The van der Waals surface area contributed by atoms with E-state index in [4.69, 9.17) is 0 Å². The largest absolute Gasteiger partial charge is 0.272 e. The van der Waals surface area contributed by atoms with Gasteiger partial charge in [0, 0.05) is 18.0 Å². The Morgan fingerprint density at radius 1 is 1.05 bits per heavy atom. The Kier molecular flexibility index (Phi) is 3.69. The van der Waals surface area contributed by atoms with E-state index in [-0.39, 0.29) is 5.91 Å². The molecule has 3 rings (SSSR count). The lowest BCUT2D eigenvalue weighted by Crippen LogP contribution is -2.17. The third kappa shape index (κ3) is 2.95. The molecule has 4 nitrogen and oxygen atoms in total. The van der Waals surface area contributed by atoms with Gasteiger partial charge in [0.25, 0.3) is 5.91 Å². The SMILES string of the molecule is O=C(NN=Cc1cccc2ccccc12)c1cccnc1. The summed E-state index contributed by atoms with van der Waals surface area (Å²) < 4.78 is 0. The van der Waals surface area contributed by atoms with Gasteiger partial charge in [-0.1, -0.05) is 42.5 Å². The lowest BCUT2D eigenvalue weighted by Gasteiger charge is -2.02. The van der Waals surface area contributed by atoms with Gasteiger partial charge in [-0.25, -0.2) is 5.43 Å². The van der Waals surface area contributed by atoms with Gasteiger partial charge in [0.15, 0.2) is 0 Å². The van der Waals surface area contributed by atoms with Crippen LogP contribution in [0.2, 0.25) is 0 Å². The van der Waals surface area contributed by atoms with Crippen LogP contribution in [-0.2, 0) is 0 Å². The van der Waals surface area contributed by atoms with Gasteiger partial charge in [0.1, 0.15) is 0 Å². The van der Waals surface area contributed by atoms with Gasteiger partial charge >= 0.3 is 0 Å². The molecule has 0 unspecified atom stereocenters. The first-order valence-corrected chi connectivity index (χ1v) is 6.56. The predicted octanol–water partition coefficient (Wildman–Crippen LogP) is 3.00. The first-order valence-electron chi connectivity index (χ1n) is 6.56. The van der Waals surface area contributed by atoms with Crippen molar-refractivity contribution in [2.24, 2.45) is 5.10 Å². The Morgan fingerprint density at radius 2 is 1.90 bits per heavy atom. The molecule has 1 amide bonds. The molecule has 0 atom stereocenters. The van der Waals surface area contributed by atoms with Crippen LogP contribution < -0.4 is 5.43 Å². The van der Waals surface area contributed by atoms with E-state index in [1.54, 1.807) is 24.5 Å². The molecule has 2 aromatic carbocycles. The number of hydrogen-bond acceptors (Lipinski definition) is 3. The van der Waals surface area contributed by atoms with Crippen molar-refractivity contribution in [3.8, 4) is 0 Å². The summed E-state index contributed by atoms with van der Waals surface area (Å²) in [6.07, 6.45) is 4.77. The summed E-state index contributed by atoms with van der Waals surface area (Å²) in [5.74, 6) is -0.278. The minimum Gasteiger partial charge on any atom is -0.267 e. The molecule has 3 aromatic rings. The molecule has 0 bridgehead atoms. The van der Waals surface area contributed by atoms with Crippen molar-refractivity contribution in [2.45, 2.75) is 0 Å². The number of carbonyl (C=O) groups excluding carboxylic acids is 1. The normalized spacial score (nSPS) is 10.9. The number of carbonyl (C=O) groups is 1. The summed E-state index contributed by atoms with van der Waals surface area (Å²) in [6, 6.07) is 17.4. The van der Waals surface area contributed by atoms with Crippen LogP contribution in [0.25, 0.3) is 10.8 Å². The van der Waals surface area contributed by atoms with Crippen LogP contribution in [-0.4, -0.2) is 17.1 Å². The molecule has 21 heavy (non-hydrogen) atoms. The van der Waals surface area contributed by atoms with Crippen molar-refractivity contribution < 1.29 is 4.79 Å². The van der Waals surface area contributed by atoms with Gasteiger partial charge in [-0.2, -0.15) is 5.10 Å². The van der Waals surface area contributed by atoms with E-state index in [1.807, 2.05) is 42.5 Å². The highest BCUT2D eigenvalue weighted by Crippen LogP contribution is 2.16. The van der Waals surface area contributed by atoms with E-state index in [0.29, 0.717) is 5.56 Å². The monoisotopic (exact) mass is 275 g/mol. The van der Waals surface area contributed by atoms with E-state index in [9.17, 15) is 4.79 Å². The molecule has 1 aromatic heterocycles. The van der Waals surface area contributed by atoms with Gasteiger partial charge in [-0.3, -0.25) is 9.78 Å². The van der Waals surface area contributed by atoms with Crippen LogP contribution in [0.4, 0.5) is 0 Å². The Labute approximate surface area is 122 Å². The maximum atomic E-state index is 11.8. The number of pyridine rings is 1. The molecular weight excluding hydrogens is 262 g/mol. The van der Waals surface area contributed by atoms with Crippen LogP contribution in [0.1, 0.15) is 15.9 Å². The summed E-state index contributed by atoms with van der Waals surface area (Å²) in [5, 5.41) is 6.25. The van der Waals surface area contributed by atoms with Crippen LogP contribution in [0.15, 0.2) is 72.1 Å². The quantitative estimate of drug-likeness (QED) is 0.590. The molecule has 1 N–H and O–H groups in total. The third-order valence-corrected chi connectivity index (χ3v) is 3.12. The number of rotatable bonds is 3. The first-order chi connectivity index (χ1) is 10.3. The second-order valence-corrected chi connectivity index (χ2v) is 4.51. The molecular formula is C17H13N3O. The Hall–Kier alpha value is -3.01. The summed E-state index contributed by atoms with van der Waals surface area (Å²) in [7, 11) is 0. The Morgan fingerprint density at radius 3 is 2.76 bits per heavy atom. The van der Waals surface area contributed by atoms with E-state index < -0.39 is 0 Å². The minimum absolute atomic E-state index is 0.278. The van der Waals surface area contributed by atoms with Gasteiger partial charge < -0.3 is 0 Å². The average Bonchev–Trinajstić information content (AvgIpc) is 2.56. The fourth-order valence-electron chi connectivity index (χ4n) is 2.09. The molecule has 0 radical (unpaired) electrons. The van der Waals surface area contributed by atoms with Crippen molar-refractivity contribution in [1.29, 1.82) is 0 Å². The summed E-state index contributed by atoms with van der Waals surface area (Å²) in [5.41, 5.74) is 3.94. The molecule has 0 fully saturated rings. The highest BCUT2D eigenvalue weighted by atomic mass is 16.2. The van der Waals surface area contributed by atoms with Crippen molar-refractivity contribution in [1.82, 2.24) is 10.4 Å². The maximum absolute atomic E-state index is 11.8.